The number of nitrogens with one attached hydrogen (secondary N) is 1. The Morgan fingerprint density at radius 2 is 2.86 bits per heavy atom. The Hall–Kier alpha value is -0.440. The molecule has 1 N–H and O–H groups in total. The van der Waals surface area contributed by atoms with Gasteiger partial charge < -0.3 is 0 Å². The number of hydrogen-bond acceptors (Lipinski definition) is 3. The monoisotopic (exact) mass is 114 g/mol. The standard InChI is InChI=1S/C4H6N2S/c1-2-4-6-5-3-7-4/h2-3,6H,1H3. The average Bonchev–Trinajstić information content (AvgIpc) is 2.14. The highest BCUT2D eigenvalue weighted by atomic mass is 32.2. The molecule has 2 nitrogen and oxygen atoms in total. The van der Waals surface area contributed by atoms with E-state index in [2.05, 4.69) is 10.5 Å². The average molecular weight is 114 g/mol. The van der Waals surface area contributed by atoms with Gasteiger partial charge in [-0.3, -0.25) is 5.43 Å². The molecule has 0 spiro atoms. The maximum atomic E-state index is 3.76. The molecule has 38 valence electrons. The smallest absolute Gasteiger partial charge is 0.0906 e. The number of hydrogen-bond donors (Lipinski definition) is 1. The molecule has 3 heteroatoms. The SMILES string of the molecule is CC=C1NN=CS1. The number of nitrogens with zero attached hydrogens (tertiary/aromatic N) is 1. The first-order chi connectivity index (χ1) is 3.43. The molecule has 0 radical (unpaired) electrons. The zero-order valence-corrected chi connectivity index (χ0v) is 4.83. The summed E-state index contributed by atoms with van der Waals surface area (Å²) >= 11 is 1.60. The van der Waals surface area contributed by atoms with Crippen LogP contribution in [0.4, 0.5) is 0 Å². The minimum Gasteiger partial charge on any atom is -0.272 e. The van der Waals surface area contributed by atoms with Crippen molar-refractivity contribution in [3.63, 3.8) is 0 Å². The van der Waals surface area contributed by atoms with Gasteiger partial charge in [0.15, 0.2) is 0 Å². The first-order valence-electron chi connectivity index (χ1n) is 2.04. The van der Waals surface area contributed by atoms with Crippen LogP contribution < -0.4 is 5.43 Å². The summed E-state index contributed by atoms with van der Waals surface area (Å²) in [4.78, 5) is 0. The second kappa shape index (κ2) is 2.02. The van der Waals surface area contributed by atoms with Crippen molar-refractivity contribution in [2.24, 2.45) is 5.10 Å². The second-order valence-electron chi connectivity index (χ2n) is 1.12. The molecular weight excluding hydrogens is 108 g/mol. The van der Waals surface area contributed by atoms with E-state index < -0.39 is 0 Å². The number of rotatable bonds is 0. The van der Waals surface area contributed by atoms with E-state index in [0.29, 0.717) is 0 Å². The molecule has 7 heavy (non-hydrogen) atoms. The Morgan fingerprint density at radius 3 is 3.14 bits per heavy atom. The summed E-state index contributed by atoms with van der Waals surface area (Å²) < 4.78 is 0. The van der Waals surface area contributed by atoms with Crippen LogP contribution in [0.1, 0.15) is 6.92 Å². The molecule has 0 amide bonds. The van der Waals surface area contributed by atoms with Crippen LogP contribution in [0.15, 0.2) is 16.2 Å². The van der Waals surface area contributed by atoms with Gasteiger partial charge in [-0.25, -0.2) is 0 Å². The Morgan fingerprint density at radius 1 is 2.00 bits per heavy atom. The lowest BCUT2D eigenvalue weighted by atomic mass is 10.7. The molecule has 0 aromatic heterocycles. The maximum Gasteiger partial charge on any atom is 0.0906 e. The van der Waals surface area contributed by atoms with Gasteiger partial charge in [0.05, 0.1) is 10.6 Å². The normalized spacial score (nSPS) is 23.3. The predicted molar refractivity (Wildman–Crippen MR) is 33.0 cm³/mol. The molecule has 0 unspecified atom stereocenters. The Labute approximate surface area is 46.7 Å². The van der Waals surface area contributed by atoms with E-state index in [0.717, 1.165) is 5.03 Å². The summed E-state index contributed by atoms with van der Waals surface area (Å²) in [6, 6.07) is 0. The minimum atomic E-state index is 1.11. The molecular formula is C4H6N2S. The van der Waals surface area contributed by atoms with Crippen LogP contribution in [-0.2, 0) is 0 Å². The summed E-state index contributed by atoms with van der Waals surface area (Å²) in [5.41, 5.74) is 4.57. The molecule has 1 heterocycles. The van der Waals surface area contributed by atoms with Gasteiger partial charge >= 0.3 is 0 Å². The summed E-state index contributed by atoms with van der Waals surface area (Å²) in [6.07, 6.45) is 1.98. The lowest BCUT2D eigenvalue weighted by molar-refractivity contribution is 0.970. The Balaban J connectivity index is 2.51. The van der Waals surface area contributed by atoms with Gasteiger partial charge in [-0.1, -0.05) is 17.8 Å². The van der Waals surface area contributed by atoms with Crippen molar-refractivity contribution < 1.29 is 0 Å². The second-order valence-corrected chi connectivity index (χ2v) is 2.00. The molecule has 0 atom stereocenters. The number of allylic oxidation sites excluding steroid dienone is 1. The number of thioether (sulfide) groups is 1. The van der Waals surface area contributed by atoms with Crippen molar-refractivity contribution >= 4 is 17.3 Å². The lowest BCUT2D eigenvalue weighted by Gasteiger charge is -1.87. The van der Waals surface area contributed by atoms with Crippen molar-refractivity contribution in [3.8, 4) is 0 Å². The van der Waals surface area contributed by atoms with Crippen LogP contribution in [0.3, 0.4) is 0 Å². The third-order valence-corrected chi connectivity index (χ3v) is 1.46. The van der Waals surface area contributed by atoms with Crippen LogP contribution in [0.5, 0.6) is 0 Å². The van der Waals surface area contributed by atoms with Crippen molar-refractivity contribution in [2.75, 3.05) is 0 Å². The van der Waals surface area contributed by atoms with Crippen molar-refractivity contribution in [2.45, 2.75) is 6.92 Å². The predicted octanol–water partition coefficient (Wildman–Crippen LogP) is 1.13. The van der Waals surface area contributed by atoms with E-state index in [1.54, 1.807) is 17.3 Å². The van der Waals surface area contributed by atoms with Gasteiger partial charge in [-0.15, -0.1) is 0 Å². The molecule has 0 aromatic carbocycles. The molecule has 1 rings (SSSR count). The fraction of sp³-hybridized carbons (Fsp3) is 0.250. The third kappa shape index (κ3) is 0.962. The van der Waals surface area contributed by atoms with E-state index in [1.807, 2.05) is 13.0 Å². The fourth-order valence-corrected chi connectivity index (χ4v) is 0.793. The van der Waals surface area contributed by atoms with Crippen molar-refractivity contribution in [1.82, 2.24) is 5.43 Å². The molecule has 0 aliphatic carbocycles. The number of hydrazone groups is 1. The van der Waals surface area contributed by atoms with Gasteiger partial charge in [0.1, 0.15) is 0 Å². The third-order valence-electron chi connectivity index (χ3n) is 0.669. The molecule has 1 aliphatic rings. The highest BCUT2D eigenvalue weighted by Crippen LogP contribution is 2.12. The molecule has 0 saturated carbocycles. The Kier molecular flexibility index (Phi) is 1.36. The highest BCUT2D eigenvalue weighted by Gasteiger charge is 1.95. The fourth-order valence-electron chi connectivity index (χ4n) is 0.332. The van der Waals surface area contributed by atoms with Gasteiger partial charge in [-0.05, 0) is 6.92 Å². The van der Waals surface area contributed by atoms with Gasteiger partial charge in [0, 0.05) is 0 Å². The largest absolute Gasteiger partial charge is 0.272 e. The van der Waals surface area contributed by atoms with Crippen LogP contribution in [-0.4, -0.2) is 5.55 Å². The summed E-state index contributed by atoms with van der Waals surface area (Å²) in [5.74, 6) is 0. The molecule has 0 bridgehead atoms. The maximum absolute atomic E-state index is 3.76. The van der Waals surface area contributed by atoms with E-state index in [1.165, 1.54) is 0 Å². The quantitative estimate of drug-likeness (QED) is 0.510. The van der Waals surface area contributed by atoms with Crippen LogP contribution in [0.25, 0.3) is 0 Å². The molecule has 0 fully saturated rings. The molecule has 1 aliphatic heterocycles. The van der Waals surface area contributed by atoms with Crippen LogP contribution in [0.2, 0.25) is 0 Å². The molecule has 0 saturated heterocycles. The van der Waals surface area contributed by atoms with Crippen molar-refractivity contribution in [1.29, 1.82) is 0 Å². The summed E-state index contributed by atoms with van der Waals surface area (Å²) in [6.45, 7) is 1.98. The summed E-state index contributed by atoms with van der Waals surface area (Å²) in [5, 5.41) is 4.87. The van der Waals surface area contributed by atoms with Gasteiger partial charge in [0.25, 0.3) is 0 Å². The first-order valence-corrected chi connectivity index (χ1v) is 2.92. The summed E-state index contributed by atoms with van der Waals surface area (Å²) in [7, 11) is 0. The van der Waals surface area contributed by atoms with Gasteiger partial charge in [-0.2, -0.15) is 5.10 Å². The highest BCUT2D eigenvalue weighted by molar-refractivity contribution is 8.15. The van der Waals surface area contributed by atoms with Crippen molar-refractivity contribution in [3.05, 3.63) is 11.1 Å². The van der Waals surface area contributed by atoms with Crippen LogP contribution in [0, 0.1) is 0 Å². The van der Waals surface area contributed by atoms with E-state index >= 15 is 0 Å². The topological polar surface area (TPSA) is 24.4 Å². The first kappa shape index (κ1) is 4.71. The van der Waals surface area contributed by atoms with Crippen LogP contribution >= 0.6 is 11.8 Å². The van der Waals surface area contributed by atoms with E-state index in [4.69, 9.17) is 0 Å². The minimum absolute atomic E-state index is 1.11. The zero-order valence-electron chi connectivity index (χ0n) is 4.01. The zero-order chi connectivity index (χ0) is 5.11. The Bertz CT molecular complexity index is 107. The molecule has 0 aromatic rings. The van der Waals surface area contributed by atoms with E-state index in [-0.39, 0.29) is 0 Å². The van der Waals surface area contributed by atoms with Gasteiger partial charge in [0.2, 0.25) is 0 Å². The lowest BCUT2D eigenvalue weighted by Crippen LogP contribution is -1.92. The van der Waals surface area contributed by atoms with E-state index in [9.17, 15) is 0 Å².